The van der Waals surface area contributed by atoms with Gasteiger partial charge in [-0.2, -0.15) is 0 Å². The Labute approximate surface area is 151 Å². The summed E-state index contributed by atoms with van der Waals surface area (Å²) < 4.78 is 23.3. The molecule has 0 radical (unpaired) electrons. The fraction of sp³-hybridized carbons (Fsp3) is 0.312. The topological polar surface area (TPSA) is 131 Å². The van der Waals surface area contributed by atoms with Gasteiger partial charge in [0.05, 0.1) is 4.92 Å². The Morgan fingerprint density at radius 2 is 1.92 bits per heavy atom. The third-order valence-electron chi connectivity index (χ3n) is 4.32. The second-order valence-electron chi connectivity index (χ2n) is 6.05. The van der Waals surface area contributed by atoms with Crippen molar-refractivity contribution < 1.29 is 13.3 Å². The Bertz CT molecular complexity index is 896. The van der Waals surface area contributed by atoms with Crippen LogP contribution in [0.15, 0.2) is 47.5 Å². The molecule has 0 bridgehead atoms. The van der Waals surface area contributed by atoms with Crippen molar-refractivity contribution in [3.63, 3.8) is 0 Å². The number of nitrogens with two attached hydrogens (primary N) is 1. The number of benzene rings is 1. The SMILES string of the molecule is NS(=O)(=O)c1cccc(NC2CCN(c3ccccn3)CC2)c1[N+](=O)[O-]. The number of nitrogens with one attached hydrogen (secondary N) is 1. The van der Waals surface area contributed by atoms with Crippen LogP contribution in [0, 0.1) is 10.1 Å². The van der Waals surface area contributed by atoms with Crippen LogP contribution < -0.4 is 15.4 Å². The molecule has 1 aromatic carbocycles. The first-order valence-corrected chi connectivity index (χ1v) is 9.63. The van der Waals surface area contributed by atoms with Crippen LogP contribution in [0.3, 0.4) is 0 Å². The van der Waals surface area contributed by atoms with Gasteiger partial charge in [0.2, 0.25) is 10.0 Å². The number of primary sulfonamides is 1. The van der Waals surface area contributed by atoms with Crippen molar-refractivity contribution in [3.8, 4) is 0 Å². The lowest BCUT2D eigenvalue weighted by molar-refractivity contribution is -0.386. The number of nitrogens with zero attached hydrogens (tertiary/aromatic N) is 3. The summed E-state index contributed by atoms with van der Waals surface area (Å²) in [6, 6.07) is 9.79. The van der Waals surface area contributed by atoms with Crippen LogP contribution in [-0.4, -0.2) is 37.5 Å². The van der Waals surface area contributed by atoms with Crippen molar-refractivity contribution in [1.29, 1.82) is 0 Å². The van der Waals surface area contributed by atoms with E-state index in [9.17, 15) is 18.5 Å². The standard InChI is InChI=1S/C16H19N5O4S/c17-26(24,25)14-5-3-4-13(16(14)21(22)23)19-12-7-10-20(11-8-12)15-6-1-2-9-18-15/h1-6,9,12,19H,7-8,10-11H2,(H2,17,24,25). The Morgan fingerprint density at radius 1 is 1.19 bits per heavy atom. The average molecular weight is 377 g/mol. The zero-order valence-corrected chi connectivity index (χ0v) is 14.7. The summed E-state index contributed by atoms with van der Waals surface area (Å²) in [5, 5.41) is 19.6. The third kappa shape index (κ3) is 3.92. The molecule has 0 aliphatic carbocycles. The predicted octanol–water partition coefficient (Wildman–Crippen LogP) is 1.72. The molecule has 138 valence electrons. The van der Waals surface area contributed by atoms with E-state index in [4.69, 9.17) is 5.14 Å². The van der Waals surface area contributed by atoms with Crippen molar-refractivity contribution in [2.24, 2.45) is 5.14 Å². The number of nitro groups is 1. The maximum absolute atomic E-state index is 11.6. The number of anilines is 2. The van der Waals surface area contributed by atoms with Gasteiger partial charge in [-0.25, -0.2) is 18.5 Å². The number of nitro benzene ring substituents is 1. The highest BCUT2D eigenvalue weighted by Crippen LogP contribution is 2.32. The molecule has 1 aliphatic rings. The van der Waals surface area contributed by atoms with E-state index in [2.05, 4.69) is 15.2 Å². The van der Waals surface area contributed by atoms with Crippen molar-refractivity contribution in [2.45, 2.75) is 23.8 Å². The first kappa shape index (κ1) is 18.1. The lowest BCUT2D eigenvalue weighted by Gasteiger charge is -2.33. The van der Waals surface area contributed by atoms with Gasteiger partial charge in [-0.1, -0.05) is 12.1 Å². The first-order chi connectivity index (χ1) is 12.4. The molecule has 1 fully saturated rings. The summed E-state index contributed by atoms with van der Waals surface area (Å²) in [7, 11) is -4.18. The minimum Gasteiger partial charge on any atom is -0.377 e. The van der Waals surface area contributed by atoms with Crippen LogP contribution in [-0.2, 0) is 10.0 Å². The van der Waals surface area contributed by atoms with E-state index in [-0.39, 0.29) is 11.7 Å². The number of rotatable bonds is 5. The van der Waals surface area contributed by atoms with Crippen molar-refractivity contribution in [3.05, 3.63) is 52.7 Å². The smallest absolute Gasteiger partial charge is 0.312 e. The zero-order chi connectivity index (χ0) is 18.7. The molecule has 2 aromatic rings. The maximum Gasteiger partial charge on any atom is 0.312 e. The lowest BCUT2D eigenvalue weighted by atomic mass is 10.0. The molecular formula is C16H19N5O4S. The van der Waals surface area contributed by atoms with Crippen LogP contribution >= 0.6 is 0 Å². The molecule has 0 spiro atoms. The van der Waals surface area contributed by atoms with Crippen LogP contribution in [0.1, 0.15) is 12.8 Å². The number of piperidine rings is 1. The Balaban J connectivity index is 1.75. The Morgan fingerprint density at radius 3 is 2.50 bits per heavy atom. The fourth-order valence-corrected chi connectivity index (χ4v) is 3.79. The van der Waals surface area contributed by atoms with Crippen molar-refractivity contribution in [2.75, 3.05) is 23.3 Å². The molecule has 3 rings (SSSR count). The number of pyridine rings is 1. The second kappa shape index (κ2) is 7.26. The molecule has 0 amide bonds. The summed E-state index contributed by atoms with van der Waals surface area (Å²) in [5.41, 5.74) is -0.347. The molecular weight excluding hydrogens is 358 g/mol. The third-order valence-corrected chi connectivity index (χ3v) is 5.26. The van der Waals surface area contributed by atoms with Crippen LogP contribution in [0.25, 0.3) is 0 Å². The lowest BCUT2D eigenvalue weighted by Crippen LogP contribution is -2.39. The average Bonchev–Trinajstić information content (AvgIpc) is 2.62. The van der Waals surface area contributed by atoms with E-state index in [0.29, 0.717) is 0 Å². The highest BCUT2D eigenvalue weighted by atomic mass is 32.2. The highest BCUT2D eigenvalue weighted by Gasteiger charge is 2.28. The number of aromatic nitrogens is 1. The molecule has 3 N–H and O–H groups in total. The van der Waals surface area contributed by atoms with Gasteiger partial charge in [-0.3, -0.25) is 10.1 Å². The van der Waals surface area contributed by atoms with Crippen LogP contribution in [0.5, 0.6) is 0 Å². The van der Waals surface area contributed by atoms with E-state index >= 15 is 0 Å². The van der Waals surface area contributed by atoms with Gasteiger partial charge < -0.3 is 10.2 Å². The number of hydrogen-bond donors (Lipinski definition) is 2. The highest BCUT2D eigenvalue weighted by molar-refractivity contribution is 7.89. The van der Waals surface area contributed by atoms with E-state index < -0.39 is 25.5 Å². The van der Waals surface area contributed by atoms with Gasteiger partial charge in [0.25, 0.3) is 0 Å². The van der Waals surface area contributed by atoms with Crippen molar-refractivity contribution in [1.82, 2.24) is 4.98 Å². The van der Waals surface area contributed by atoms with Gasteiger partial charge in [-0.05, 0) is 37.1 Å². The zero-order valence-electron chi connectivity index (χ0n) is 13.9. The van der Waals surface area contributed by atoms with Gasteiger partial charge in [0.15, 0.2) is 4.90 Å². The maximum atomic E-state index is 11.6. The molecule has 26 heavy (non-hydrogen) atoms. The second-order valence-corrected chi connectivity index (χ2v) is 7.58. The quantitative estimate of drug-likeness (QED) is 0.599. The molecule has 0 unspecified atom stereocenters. The summed E-state index contributed by atoms with van der Waals surface area (Å²) in [6.45, 7) is 1.49. The Kier molecular flexibility index (Phi) is 5.05. The van der Waals surface area contributed by atoms with Gasteiger partial charge >= 0.3 is 5.69 Å². The van der Waals surface area contributed by atoms with Gasteiger partial charge in [0, 0.05) is 25.3 Å². The molecule has 9 nitrogen and oxygen atoms in total. The summed E-state index contributed by atoms with van der Waals surface area (Å²) in [5.74, 6) is 0.896. The van der Waals surface area contributed by atoms with Crippen LogP contribution in [0.2, 0.25) is 0 Å². The van der Waals surface area contributed by atoms with Crippen LogP contribution in [0.4, 0.5) is 17.2 Å². The number of para-hydroxylation sites is 1. The van der Waals surface area contributed by atoms with Gasteiger partial charge in [0.1, 0.15) is 11.5 Å². The van der Waals surface area contributed by atoms with E-state index in [1.807, 2.05) is 18.2 Å². The normalized spacial score (nSPS) is 15.7. The first-order valence-electron chi connectivity index (χ1n) is 8.09. The Hall–Kier alpha value is -2.72. The molecule has 1 aromatic heterocycles. The molecule has 0 atom stereocenters. The van der Waals surface area contributed by atoms with E-state index in [0.717, 1.165) is 37.8 Å². The van der Waals surface area contributed by atoms with Crippen molar-refractivity contribution >= 4 is 27.2 Å². The largest absolute Gasteiger partial charge is 0.377 e. The minimum absolute atomic E-state index is 0.00982. The number of hydrogen-bond acceptors (Lipinski definition) is 7. The molecule has 1 aliphatic heterocycles. The molecule has 0 saturated carbocycles. The summed E-state index contributed by atoms with van der Waals surface area (Å²) >= 11 is 0. The van der Waals surface area contributed by atoms with E-state index in [1.165, 1.54) is 12.1 Å². The summed E-state index contributed by atoms with van der Waals surface area (Å²) in [6.07, 6.45) is 3.22. The fourth-order valence-electron chi connectivity index (χ4n) is 3.07. The molecule has 2 heterocycles. The number of sulfonamides is 1. The molecule has 10 heteroatoms. The monoisotopic (exact) mass is 377 g/mol. The summed E-state index contributed by atoms with van der Waals surface area (Å²) in [4.78, 5) is 16.7. The predicted molar refractivity (Wildman–Crippen MR) is 97.6 cm³/mol. The van der Waals surface area contributed by atoms with E-state index in [1.54, 1.807) is 6.20 Å². The van der Waals surface area contributed by atoms with Gasteiger partial charge in [-0.15, -0.1) is 0 Å². The minimum atomic E-state index is -4.18. The molecule has 1 saturated heterocycles.